The van der Waals surface area contributed by atoms with Gasteiger partial charge in [-0.05, 0) is 30.9 Å². The first-order chi connectivity index (χ1) is 11.2. The normalized spacial score (nSPS) is 14.2. The number of oxazole rings is 1. The maximum Gasteiger partial charge on any atom is 0.220 e. The fraction of sp³-hybridized carbons (Fsp3) is 0.412. The largest absolute Gasteiger partial charge is 0.441 e. The van der Waals surface area contributed by atoms with Gasteiger partial charge in [0.05, 0.1) is 11.2 Å². The van der Waals surface area contributed by atoms with E-state index >= 15 is 0 Å². The summed E-state index contributed by atoms with van der Waals surface area (Å²) >= 11 is 6.14. The van der Waals surface area contributed by atoms with Crippen LogP contribution >= 0.6 is 36.4 Å². The second-order valence-corrected chi connectivity index (χ2v) is 6.25. The third-order valence-electron chi connectivity index (χ3n) is 4.05. The summed E-state index contributed by atoms with van der Waals surface area (Å²) in [4.78, 5) is 16.2. The number of benzene rings is 1. The van der Waals surface area contributed by atoms with Gasteiger partial charge < -0.3 is 15.5 Å². The Hall–Kier alpha value is -1.27. The maximum atomic E-state index is 12.0. The van der Waals surface area contributed by atoms with Crippen LogP contribution in [0.1, 0.15) is 25.2 Å². The van der Waals surface area contributed by atoms with Crippen molar-refractivity contribution in [3.8, 4) is 11.3 Å². The lowest BCUT2D eigenvalue weighted by Crippen LogP contribution is -2.41. The van der Waals surface area contributed by atoms with Gasteiger partial charge in [0, 0.05) is 31.0 Å². The molecule has 25 heavy (non-hydrogen) atoms. The van der Waals surface area contributed by atoms with Gasteiger partial charge in [-0.25, -0.2) is 4.98 Å². The highest BCUT2D eigenvalue weighted by Crippen LogP contribution is 2.32. The fourth-order valence-corrected chi connectivity index (χ4v) is 2.81. The first-order valence-electron chi connectivity index (χ1n) is 7.86. The minimum Gasteiger partial charge on any atom is -0.441 e. The molecule has 1 aliphatic carbocycles. The molecule has 8 heteroatoms. The predicted molar refractivity (Wildman–Crippen MR) is 103 cm³/mol. The molecule has 3 N–H and O–H groups in total. The first kappa shape index (κ1) is 21.8. The molecule has 1 aliphatic rings. The lowest BCUT2D eigenvalue weighted by molar-refractivity contribution is -0.121. The lowest BCUT2D eigenvalue weighted by atomic mass is 10.1. The summed E-state index contributed by atoms with van der Waals surface area (Å²) in [5, 5.41) is 3.61. The smallest absolute Gasteiger partial charge is 0.220 e. The molecule has 1 unspecified atom stereocenters. The number of aromatic nitrogens is 1. The van der Waals surface area contributed by atoms with Gasteiger partial charge in [0.1, 0.15) is 0 Å². The number of halogens is 3. The molecule has 1 heterocycles. The van der Waals surface area contributed by atoms with Crippen LogP contribution in [0.15, 0.2) is 34.9 Å². The molecule has 2 aromatic rings. The van der Waals surface area contributed by atoms with Crippen LogP contribution in [0.25, 0.3) is 11.3 Å². The van der Waals surface area contributed by atoms with Crippen molar-refractivity contribution in [1.29, 1.82) is 0 Å². The minimum absolute atomic E-state index is 0. The van der Waals surface area contributed by atoms with E-state index in [4.69, 9.17) is 21.8 Å². The van der Waals surface area contributed by atoms with Crippen molar-refractivity contribution < 1.29 is 9.21 Å². The van der Waals surface area contributed by atoms with Gasteiger partial charge in [-0.15, -0.1) is 24.8 Å². The molecular weight excluding hydrogens is 385 g/mol. The molecule has 1 amide bonds. The zero-order chi connectivity index (χ0) is 16.2. The van der Waals surface area contributed by atoms with Crippen LogP contribution in [0.4, 0.5) is 0 Å². The molecule has 1 atom stereocenters. The fourth-order valence-electron chi connectivity index (χ4n) is 2.58. The van der Waals surface area contributed by atoms with E-state index in [0.29, 0.717) is 42.0 Å². The number of hydrogen-bond acceptors (Lipinski definition) is 4. The number of nitrogens with one attached hydrogen (secondary N) is 1. The van der Waals surface area contributed by atoms with Crippen LogP contribution in [0, 0.1) is 5.92 Å². The number of aryl methyl sites for hydroxylation is 1. The van der Waals surface area contributed by atoms with E-state index in [1.807, 2.05) is 18.2 Å². The summed E-state index contributed by atoms with van der Waals surface area (Å²) < 4.78 is 5.69. The Balaban J connectivity index is 0.00000156. The van der Waals surface area contributed by atoms with Crippen molar-refractivity contribution in [3.05, 3.63) is 41.4 Å². The van der Waals surface area contributed by atoms with E-state index in [1.165, 1.54) is 0 Å². The van der Waals surface area contributed by atoms with Crippen LogP contribution < -0.4 is 11.1 Å². The SMILES string of the molecule is Cl.Cl.NCC(NC(=O)CCc1ncc(-c2ccccc2Cl)o1)C1CC1. The zero-order valence-electron chi connectivity index (χ0n) is 13.6. The third kappa shape index (κ3) is 5.89. The van der Waals surface area contributed by atoms with Crippen molar-refractivity contribution in [2.24, 2.45) is 11.7 Å². The molecule has 3 rings (SSSR count). The highest BCUT2D eigenvalue weighted by molar-refractivity contribution is 6.33. The Morgan fingerprint density at radius 3 is 2.72 bits per heavy atom. The Morgan fingerprint density at radius 2 is 2.08 bits per heavy atom. The predicted octanol–water partition coefficient (Wildman–Crippen LogP) is 3.62. The monoisotopic (exact) mass is 405 g/mol. The number of amides is 1. The third-order valence-corrected chi connectivity index (χ3v) is 4.38. The van der Waals surface area contributed by atoms with Crippen molar-refractivity contribution in [1.82, 2.24) is 10.3 Å². The molecule has 0 spiro atoms. The highest BCUT2D eigenvalue weighted by atomic mass is 35.5. The molecule has 1 aromatic carbocycles. The number of carbonyl (C=O) groups is 1. The van der Waals surface area contributed by atoms with E-state index in [9.17, 15) is 4.79 Å². The average molecular weight is 407 g/mol. The van der Waals surface area contributed by atoms with Crippen LogP contribution in [0.3, 0.4) is 0 Å². The van der Waals surface area contributed by atoms with Crippen LogP contribution in [0.2, 0.25) is 5.02 Å². The van der Waals surface area contributed by atoms with Gasteiger partial charge in [0.2, 0.25) is 5.91 Å². The summed E-state index contributed by atoms with van der Waals surface area (Å²) in [6.07, 6.45) is 4.75. The number of nitrogens with two attached hydrogens (primary N) is 1. The second kappa shape index (κ2) is 10.0. The van der Waals surface area contributed by atoms with Crippen molar-refractivity contribution in [3.63, 3.8) is 0 Å². The zero-order valence-corrected chi connectivity index (χ0v) is 16.0. The molecule has 1 fully saturated rings. The molecule has 0 saturated heterocycles. The number of nitrogens with zero attached hydrogens (tertiary/aromatic N) is 1. The number of carbonyl (C=O) groups excluding carboxylic acids is 1. The summed E-state index contributed by atoms with van der Waals surface area (Å²) in [6, 6.07) is 7.53. The number of rotatable bonds is 7. The molecule has 1 saturated carbocycles. The van der Waals surface area contributed by atoms with E-state index in [-0.39, 0.29) is 36.8 Å². The van der Waals surface area contributed by atoms with Crippen LogP contribution in [-0.2, 0) is 11.2 Å². The lowest BCUT2D eigenvalue weighted by Gasteiger charge is -2.15. The standard InChI is InChI=1S/C17H20ClN3O2.2ClH/c18-13-4-2-1-3-12(13)15-10-20-17(23-15)8-7-16(22)21-14(9-19)11-5-6-11;;/h1-4,10-11,14H,5-9,19H2,(H,21,22);2*1H. The second-order valence-electron chi connectivity index (χ2n) is 5.85. The molecule has 5 nitrogen and oxygen atoms in total. The Morgan fingerprint density at radius 1 is 1.36 bits per heavy atom. The van der Waals surface area contributed by atoms with Gasteiger partial charge in [0.25, 0.3) is 0 Å². The van der Waals surface area contributed by atoms with E-state index in [2.05, 4.69) is 10.3 Å². The van der Waals surface area contributed by atoms with Crippen molar-refractivity contribution >= 4 is 42.3 Å². The van der Waals surface area contributed by atoms with Gasteiger partial charge in [0.15, 0.2) is 11.7 Å². The molecular formula is C17H22Cl3N3O2. The van der Waals surface area contributed by atoms with E-state index < -0.39 is 0 Å². The van der Waals surface area contributed by atoms with Crippen molar-refractivity contribution in [2.45, 2.75) is 31.7 Å². The van der Waals surface area contributed by atoms with E-state index in [0.717, 1.165) is 18.4 Å². The van der Waals surface area contributed by atoms with Gasteiger partial charge in [-0.1, -0.05) is 23.7 Å². The Kier molecular flexibility index (Phi) is 8.73. The van der Waals surface area contributed by atoms with Crippen LogP contribution in [-0.4, -0.2) is 23.5 Å². The Bertz CT molecular complexity index is 689. The average Bonchev–Trinajstić information content (AvgIpc) is 3.29. The van der Waals surface area contributed by atoms with Crippen molar-refractivity contribution in [2.75, 3.05) is 6.54 Å². The van der Waals surface area contributed by atoms with Gasteiger partial charge >= 0.3 is 0 Å². The molecule has 0 radical (unpaired) electrons. The topological polar surface area (TPSA) is 81.1 Å². The molecule has 0 bridgehead atoms. The summed E-state index contributed by atoms with van der Waals surface area (Å²) in [7, 11) is 0. The number of hydrogen-bond donors (Lipinski definition) is 2. The highest BCUT2D eigenvalue weighted by Gasteiger charge is 2.31. The molecule has 1 aromatic heterocycles. The van der Waals surface area contributed by atoms with Crippen LogP contribution in [0.5, 0.6) is 0 Å². The summed E-state index contributed by atoms with van der Waals surface area (Å²) in [6.45, 7) is 0.492. The Labute approximate surface area is 164 Å². The first-order valence-corrected chi connectivity index (χ1v) is 8.24. The summed E-state index contributed by atoms with van der Waals surface area (Å²) in [5.41, 5.74) is 6.49. The maximum absolute atomic E-state index is 12.0. The van der Waals surface area contributed by atoms with Gasteiger partial charge in [-0.2, -0.15) is 0 Å². The summed E-state index contributed by atoms with van der Waals surface area (Å²) in [5.74, 6) is 1.69. The molecule has 138 valence electrons. The van der Waals surface area contributed by atoms with Gasteiger partial charge in [-0.3, -0.25) is 4.79 Å². The molecule has 0 aliphatic heterocycles. The van der Waals surface area contributed by atoms with E-state index in [1.54, 1.807) is 12.3 Å². The minimum atomic E-state index is -0.00940. The quantitative estimate of drug-likeness (QED) is 0.736.